The van der Waals surface area contributed by atoms with Crippen LogP contribution in [-0.2, 0) is 10.3 Å². The van der Waals surface area contributed by atoms with Gasteiger partial charge in [0, 0.05) is 24.2 Å². The van der Waals surface area contributed by atoms with Crippen LogP contribution in [0.2, 0.25) is 0 Å². The highest BCUT2D eigenvalue weighted by Crippen LogP contribution is 2.35. The maximum atomic E-state index is 12.2. The molecular weight excluding hydrogens is 310 g/mol. The maximum Gasteiger partial charge on any atom is 0.252 e. The molecule has 1 aliphatic rings. The van der Waals surface area contributed by atoms with Crippen molar-refractivity contribution >= 4 is 17.2 Å². The molecule has 2 aromatic rings. The highest BCUT2D eigenvalue weighted by Gasteiger charge is 2.39. The third-order valence-corrected chi connectivity index (χ3v) is 5.16. The first kappa shape index (κ1) is 16.2. The molecule has 2 heterocycles. The van der Waals surface area contributed by atoms with Crippen LogP contribution >= 0.6 is 11.3 Å². The Labute approximate surface area is 140 Å². The third kappa shape index (κ3) is 3.63. The van der Waals surface area contributed by atoms with E-state index in [0.717, 1.165) is 18.4 Å². The molecule has 1 atom stereocenters. The molecule has 1 saturated heterocycles. The lowest BCUT2D eigenvalue weighted by atomic mass is 9.77. The van der Waals surface area contributed by atoms with Crippen molar-refractivity contribution in [2.24, 2.45) is 5.92 Å². The first-order valence-electron chi connectivity index (χ1n) is 7.86. The number of aliphatic hydroxyl groups is 1. The molecular formula is C18H21NO3S. The fourth-order valence-corrected chi connectivity index (χ4v) is 3.73. The van der Waals surface area contributed by atoms with Crippen LogP contribution in [0.3, 0.4) is 0 Å². The van der Waals surface area contributed by atoms with E-state index in [1.165, 1.54) is 11.3 Å². The van der Waals surface area contributed by atoms with Crippen LogP contribution in [0, 0.1) is 5.92 Å². The van der Waals surface area contributed by atoms with Gasteiger partial charge in [0.15, 0.2) is 0 Å². The first-order valence-corrected chi connectivity index (χ1v) is 8.80. The average Bonchev–Trinajstić information content (AvgIpc) is 3.16. The average molecular weight is 331 g/mol. The molecule has 0 bridgehead atoms. The van der Waals surface area contributed by atoms with Crippen LogP contribution in [0.25, 0.3) is 0 Å². The third-order valence-electron chi connectivity index (χ3n) is 4.47. The van der Waals surface area contributed by atoms with Gasteiger partial charge < -0.3 is 15.2 Å². The Bertz CT molecular complexity index is 623. The van der Waals surface area contributed by atoms with Gasteiger partial charge in [-0.3, -0.25) is 4.79 Å². The number of nitrogens with one attached hydrogen (secondary N) is 1. The van der Waals surface area contributed by atoms with E-state index in [1.54, 1.807) is 6.07 Å². The maximum absolute atomic E-state index is 12.2. The standard InChI is InChI=1S/C18H21NO3S/c20-17(14-8-11-23-12-14)19-13-18(21,15-4-2-1-3-5-15)16-6-9-22-10-7-16/h1-5,8,11-12,16,21H,6-7,9-10,13H2,(H,19,20). The predicted octanol–water partition coefficient (Wildman–Crippen LogP) is 2.79. The van der Waals surface area contributed by atoms with Crippen LogP contribution in [0.4, 0.5) is 0 Å². The molecule has 1 aromatic heterocycles. The topological polar surface area (TPSA) is 58.6 Å². The van der Waals surface area contributed by atoms with Gasteiger partial charge in [0.25, 0.3) is 5.91 Å². The van der Waals surface area contributed by atoms with E-state index >= 15 is 0 Å². The lowest BCUT2D eigenvalue weighted by molar-refractivity contribution is -0.0680. The van der Waals surface area contributed by atoms with E-state index in [4.69, 9.17) is 4.74 Å². The van der Waals surface area contributed by atoms with Crippen LogP contribution in [0.15, 0.2) is 47.2 Å². The van der Waals surface area contributed by atoms with E-state index in [9.17, 15) is 9.90 Å². The van der Waals surface area contributed by atoms with Gasteiger partial charge in [0.1, 0.15) is 5.60 Å². The van der Waals surface area contributed by atoms with E-state index in [1.807, 2.05) is 41.1 Å². The monoisotopic (exact) mass is 331 g/mol. The number of thiophene rings is 1. The second-order valence-corrected chi connectivity index (χ2v) is 6.65. The normalized spacial score (nSPS) is 18.3. The molecule has 1 unspecified atom stereocenters. The number of benzene rings is 1. The molecule has 1 amide bonds. The second kappa shape index (κ2) is 7.25. The van der Waals surface area contributed by atoms with Crippen molar-refractivity contribution < 1.29 is 14.6 Å². The van der Waals surface area contributed by atoms with Gasteiger partial charge in [-0.1, -0.05) is 30.3 Å². The van der Waals surface area contributed by atoms with Crippen molar-refractivity contribution in [3.8, 4) is 0 Å². The SMILES string of the molecule is O=C(NCC(O)(c1ccccc1)C1CCOCC1)c1ccsc1. The number of carbonyl (C=O) groups is 1. The summed E-state index contributed by atoms with van der Waals surface area (Å²) in [4.78, 5) is 12.2. The zero-order valence-corrected chi connectivity index (χ0v) is 13.7. The summed E-state index contributed by atoms with van der Waals surface area (Å²) >= 11 is 1.49. The summed E-state index contributed by atoms with van der Waals surface area (Å²) in [5, 5.41) is 18.0. The Morgan fingerprint density at radius 3 is 2.65 bits per heavy atom. The molecule has 122 valence electrons. The highest BCUT2D eigenvalue weighted by molar-refractivity contribution is 7.08. The summed E-state index contributed by atoms with van der Waals surface area (Å²) in [6.45, 7) is 1.51. The molecule has 3 rings (SSSR count). The van der Waals surface area contributed by atoms with Crippen molar-refractivity contribution in [3.05, 3.63) is 58.3 Å². The lowest BCUT2D eigenvalue weighted by Gasteiger charge is -2.39. The van der Waals surface area contributed by atoms with Gasteiger partial charge >= 0.3 is 0 Å². The smallest absolute Gasteiger partial charge is 0.252 e. The molecule has 0 aliphatic carbocycles. The molecule has 0 saturated carbocycles. The van der Waals surface area contributed by atoms with Crippen molar-refractivity contribution in [2.45, 2.75) is 18.4 Å². The lowest BCUT2D eigenvalue weighted by Crippen LogP contribution is -2.47. The second-order valence-electron chi connectivity index (χ2n) is 5.87. The summed E-state index contributed by atoms with van der Waals surface area (Å²) in [6.07, 6.45) is 1.58. The number of ether oxygens (including phenoxy) is 1. The molecule has 1 aliphatic heterocycles. The Morgan fingerprint density at radius 2 is 2.00 bits per heavy atom. The van der Waals surface area contributed by atoms with Crippen LogP contribution in [0.5, 0.6) is 0 Å². The molecule has 23 heavy (non-hydrogen) atoms. The fourth-order valence-electron chi connectivity index (χ4n) is 3.09. The minimum Gasteiger partial charge on any atom is -0.383 e. The zero-order valence-electron chi connectivity index (χ0n) is 12.9. The van der Waals surface area contributed by atoms with Gasteiger partial charge in [-0.2, -0.15) is 11.3 Å². The molecule has 0 radical (unpaired) electrons. The summed E-state index contributed by atoms with van der Waals surface area (Å²) in [5.74, 6) is -0.0749. The van der Waals surface area contributed by atoms with Gasteiger partial charge in [-0.15, -0.1) is 0 Å². The van der Waals surface area contributed by atoms with Crippen molar-refractivity contribution in [1.82, 2.24) is 5.32 Å². The molecule has 0 spiro atoms. The number of hydrogen-bond acceptors (Lipinski definition) is 4. The highest BCUT2D eigenvalue weighted by atomic mass is 32.1. The number of rotatable bonds is 5. The molecule has 1 fully saturated rings. The molecule has 4 nitrogen and oxygen atoms in total. The van der Waals surface area contributed by atoms with Crippen molar-refractivity contribution in [3.63, 3.8) is 0 Å². The van der Waals surface area contributed by atoms with Crippen LogP contribution in [-0.4, -0.2) is 30.8 Å². The Balaban J connectivity index is 1.79. The Hall–Kier alpha value is -1.69. The van der Waals surface area contributed by atoms with Crippen molar-refractivity contribution in [1.29, 1.82) is 0 Å². The fraction of sp³-hybridized carbons (Fsp3) is 0.389. The van der Waals surface area contributed by atoms with Crippen LogP contribution < -0.4 is 5.32 Å². The van der Waals surface area contributed by atoms with Crippen LogP contribution in [0.1, 0.15) is 28.8 Å². The summed E-state index contributed by atoms with van der Waals surface area (Å²) in [5.41, 5.74) is 0.409. The van der Waals surface area contributed by atoms with E-state index in [0.29, 0.717) is 18.8 Å². The van der Waals surface area contributed by atoms with Gasteiger partial charge in [0.2, 0.25) is 0 Å². The molecule has 1 aromatic carbocycles. The zero-order chi connectivity index (χ0) is 16.1. The number of carbonyl (C=O) groups excluding carboxylic acids is 1. The largest absolute Gasteiger partial charge is 0.383 e. The van der Waals surface area contributed by atoms with Crippen molar-refractivity contribution in [2.75, 3.05) is 19.8 Å². The number of amides is 1. The Kier molecular flexibility index (Phi) is 5.10. The van der Waals surface area contributed by atoms with E-state index in [2.05, 4.69) is 5.32 Å². The van der Waals surface area contributed by atoms with Gasteiger partial charge in [0.05, 0.1) is 6.54 Å². The minimum absolute atomic E-state index is 0.0708. The quantitative estimate of drug-likeness (QED) is 0.886. The van der Waals surface area contributed by atoms with Gasteiger partial charge in [-0.05, 0) is 35.8 Å². The Morgan fingerprint density at radius 1 is 1.26 bits per heavy atom. The molecule has 2 N–H and O–H groups in total. The van der Waals surface area contributed by atoms with E-state index in [-0.39, 0.29) is 18.4 Å². The first-order chi connectivity index (χ1) is 11.2. The minimum atomic E-state index is -1.07. The predicted molar refractivity (Wildman–Crippen MR) is 90.5 cm³/mol. The molecule has 5 heteroatoms. The summed E-state index contributed by atoms with van der Waals surface area (Å²) < 4.78 is 5.42. The summed E-state index contributed by atoms with van der Waals surface area (Å²) in [6, 6.07) is 11.4. The summed E-state index contributed by atoms with van der Waals surface area (Å²) in [7, 11) is 0. The van der Waals surface area contributed by atoms with Gasteiger partial charge in [-0.25, -0.2) is 0 Å². The van der Waals surface area contributed by atoms with E-state index < -0.39 is 5.60 Å². The number of hydrogen-bond donors (Lipinski definition) is 2.